The zero-order valence-electron chi connectivity index (χ0n) is 12.1. The predicted octanol–water partition coefficient (Wildman–Crippen LogP) is 3.29. The van der Waals surface area contributed by atoms with E-state index in [0.717, 1.165) is 11.1 Å². The molecule has 0 fully saturated rings. The Bertz CT molecular complexity index is 641. The monoisotopic (exact) mass is 286 g/mol. The van der Waals surface area contributed by atoms with Crippen molar-refractivity contribution in [1.82, 2.24) is 0 Å². The molecule has 21 heavy (non-hydrogen) atoms. The summed E-state index contributed by atoms with van der Waals surface area (Å²) in [6, 6.07) is 12.7. The van der Waals surface area contributed by atoms with E-state index in [9.17, 15) is 10.1 Å². The van der Waals surface area contributed by atoms with Crippen molar-refractivity contribution < 1.29 is 9.66 Å². The normalized spacial score (nSPS) is 12.0. The second-order valence-electron chi connectivity index (χ2n) is 4.99. The highest BCUT2D eigenvalue weighted by Gasteiger charge is 2.15. The summed E-state index contributed by atoms with van der Waals surface area (Å²) in [5.41, 5.74) is 8.48. The third-order valence-corrected chi connectivity index (χ3v) is 3.34. The van der Waals surface area contributed by atoms with Crippen LogP contribution in [0.3, 0.4) is 0 Å². The van der Waals surface area contributed by atoms with E-state index in [1.807, 2.05) is 30.3 Å². The fourth-order valence-corrected chi connectivity index (χ4v) is 2.10. The molecule has 2 aromatic carbocycles. The number of ether oxygens (including phenoxy) is 1. The van der Waals surface area contributed by atoms with Gasteiger partial charge in [0.15, 0.2) is 0 Å². The number of hydrogen-bond donors (Lipinski definition) is 1. The molecule has 5 heteroatoms. The van der Waals surface area contributed by atoms with Gasteiger partial charge in [0.05, 0.1) is 11.0 Å². The number of aryl methyl sites for hydroxylation is 2. The maximum atomic E-state index is 10.9. The minimum Gasteiger partial charge on any atom is -0.491 e. The number of nitro benzene ring substituents is 1. The van der Waals surface area contributed by atoms with Gasteiger partial charge in [-0.25, -0.2) is 0 Å². The smallest absolute Gasteiger partial charge is 0.272 e. The average Bonchev–Trinajstić information content (AvgIpc) is 2.48. The molecule has 1 atom stereocenters. The number of nitro groups is 1. The van der Waals surface area contributed by atoms with Crippen LogP contribution < -0.4 is 10.5 Å². The number of hydrogen-bond acceptors (Lipinski definition) is 4. The highest BCUT2D eigenvalue weighted by molar-refractivity contribution is 5.49. The van der Waals surface area contributed by atoms with Gasteiger partial charge in [-0.2, -0.15) is 0 Å². The molecule has 2 rings (SSSR count). The van der Waals surface area contributed by atoms with Gasteiger partial charge >= 0.3 is 0 Å². The van der Waals surface area contributed by atoms with Crippen molar-refractivity contribution in [2.75, 3.05) is 6.61 Å². The van der Waals surface area contributed by atoms with Crippen LogP contribution in [-0.4, -0.2) is 11.5 Å². The van der Waals surface area contributed by atoms with Gasteiger partial charge in [-0.15, -0.1) is 0 Å². The van der Waals surface area contributed by atoms with Gasteiger partial charge in [0.25, 0.3) is 5.69 Å². The largest absolute Gasteiger partial charge is 0.491 e. The Kier molecular flexibility index (Phi) is 4.55. The van der Waals surface area contributed by atoms with Crippen LogP contribution >= 0.6 is 0 Å². The SMILES string of the molecule is Cc1cc([N+](=O)[O-])c(C)cc1OCC(N)c1ccccc1. The molecular formula is C16H18N2O3. The minimum absolute atomic E-state index is 0.104. The molecule has 0 radical (unpaired) electrons. The fraction of sp³-hybridized carbons (Fsp3) is 0.250. The lowest BCUT2D eigenvalue weighted by Crippen LogP contribution is -2.19. The summed E-state index contributed by atoms with van der Waals surface area (Å²) in [5.74, 6) is 0.629. The van der Waals surface area contributed by atoms with Crippen molar-refractivity contribution in [3.63, 3.8) is 0 Å². The lowest BCUT2D eigenvalue weighted by molar-refractivity contribution is -0.385. The summed E-state index contributed by atoms with van der Waals surface area (Å²) in [7, 11) is 0. The van der Waals surface area contributed by atoms with E-state index in [4.69, 9.17) is 10.5 Å². The third-order valence-electron chi connectivity index (χ3n) is 3.34. The van der Waals surface area contributed by atoms with Gasteiger partial charge in [-0.3, -0.25) is 10.1 Å². The summed E-state index contributed by atoms with van der Waals surface area (Å²) in [6.07, 6.45) is 0. The van der Waals surface area contributed by atoms with Crippen LogP contribution in [-0.2, 0) is 0 Å². The maximum Gasteiger partial charge on any atom is 0.272 e. The van der Waals surface area contributed by atoms with Gasteiger partial charge in [0.1, 0.15) is 12.4 Å². The van der Waals surface area contributed by atoms with Crippen molar-refractivity contribution in [3.05, 3.63) is 69.3 Å². The van der Waals surface area contributed by atoms with Crippen LogP contribution in [0.25, 0.3) is 0 Å². The minimum atomic E-state index is -0.387. The van der Waals surface area contributed by atoms with Gasteiger partial charge < -0.3 is 10.5 Å². The zero-order chi connectivity index (χ0) is 15.4. The van der Waals surface area contributed by atoms with Crippen molar-refractivity contribution in [1.29, 1.82) is 0 Å². The molecule has 0 amide bonds. The Morgan fingerprint density at radius 3 is 2.48 bits per heavy atom. The molecule has 0 aliphatic rings. The molecule has 1 unspecified atom stereocenters. The Morgan fingerprint density at radius 1 is 1.19 bits per heavy atom. The summed E-state index contributed by atoms with van der Waals surface area (Å²) >= 11 is 0. The molecular weight excluding hydrogens is 268 g/mol. The first-order chi connectivity index (χ1) is 9.99. The molecule has 0 bridgehead atoms. The van der Waals surface area contributed by atoms with Gasteiger partial charge in [0, 0.05) is 11.6 Å². The summed E-state index contributed by atoms with van der Waals surface area (Å²) in [4.78, 5) is 10.5. The lowest BCUT2D eigenvalue weighted by Gasteiger charge is -2.15. The second kappa shape index (κ2) is 6.37. The van der Waals surface area contributed by atoms with Gasteiger partial charge in [0.2, 0.25) is 0 Å². The molecule has 2 N–H and O–H groups in total. The molecule has 0 aliphatic carbocycles. The molecule has 0 heterocycles. The first-order valence-corrected chi connectivity index (χ1v) is 6.68. The highest BCUT2D eigenvalue weighted by Crippen LogP contribution is 2.28. The second-order valence-corrected chi connectivity index (χ2v) is 4.99. The van der Waals surface area contributed by atoms with Crippen molar-refractivity contribution in [2.45, 2.75) is 19.9 Å². The fourth-order valence-electron chi connectivity index (χ4n) is 2.10. The van der Waals surface area contributed by atoms with E-state index in [2.05, 4.69) is 0 Å². The van der Waals surface area contributed by atoms with Gasteiger partial charge in [-0.1, -0.05) is 30.3 Å². The van der Waals surface area contributed by atoms with Crippen molar-refractivity contribution in [2.24, 2.45) is 5.73 Å². The molecule has 0 aliphatic heterocycles. The molecule has 0 aromatic heterocycles. The molecule has 5 nitrogen and oxygen atoms in total. The lowest BCUT2D eigenvalue weighted by atomic mass is 10.1. The Labute approximate surface area is 123 Å². The quantitative estimate of drug-likeness (QED) is 0.675. The van der Waals surface area contributed by atoms with E-state index in [1.54, 1.807) is 19.9 Å². The van der Waals surface area contributed by atoms with Crippen LogP contribution in [0.1, 0.15) is 22.7 Å². The van der Waals surface area contributed by atoms with E-state index in [0.29, 0.717) is 17.9 Å². The standard InChI is InChI=1S/C16H18N2O3/c1-11-9-16(12(2)8-15(11)18(19)20)21-10-14(17)13-6-4-3-5-7-13/h3-9,14H,10,17H2,1-2H3. The van der Waals surface area contributed by atoms with Crippen LogP contribution in [0.5, 0.6) is 5.75 Å². The molecule has 2 aromatic rings. The number of benzene rings is 2. The van der Waals surface area contributed by atoms with Crippen LogP contribution in [0.4, 0.5) is 5.69 Å². The number of nitrogens with zero attached hydrogens (tertiary/aromatic N) is 1. The topological polar surface area (TPSA) is 78.4 Å². The van der Waals surface area contributed by atoms with E-state index in [1.165, 1.54) is 6.07 Å². The van der Waals surface area contributed by atoms with Crippen molar-refractivity contribution in [3.8, 4) is 5.75 Å². The van der Waals surface area contributed by atoms with Crippen LogP contribution in [0.2, 0.25) is 0 Å². The van der Waals surface area contributed by atoms with E-state index in [-0.39, 0.29) is 16.7 Å². The zero-order valence-corrected chi connectivity index (χ0v) is 12.1. The summed E-state index contributed by atoms with van der Waals surface area (Å²) in [6.45, 7) is 3.81. The highest BCUT2D eigenvalue weighted by atomic mass is 16.6. The molecule has 110 valence electrons. The Balaban J connectivity index is 2.10. The Hall–Kier alpha value is -2.40. The Morgan fingerprint density at radius 2 is 1.86 bits per heavy atom. The first-order valence-electron chi connectivity index (χ1n) is 6.68. The molecule has 0 saturated carbocycles. The van der Waals surface area contributed by atoms with E-state index < -0.39 is 0 Å². The third kappa shape index (κ3) is 3.58. The number of nitrogens with two attached hydrogens (primary N) is 1. The van der Waals surface area contributed by atoms with Gasteiger partial charge in [-0.05, 0) is 31.0 Å². The molecule has 0 spiro atoms. The average molecular weight is 286 g/mol. The van der Waals surface area contributed by atoms with Crippen LogP contribution in [0, 0.1) is 24.0 Å². The van der Waals surface area contributed by atoms with E-state index >= 15 is 0 Å². The molecule has 0 saturated heterocycles. The first kappa shape index (κ1) is 15.0. The predicted molar refractivity (Wildman–Crippen MR) is 81.4 cm³/mol. The van der Waals surface area contributed by atoms with Crippen molar-refractivity contribution >= 4 is 5.69 Å². The summed E-state index contributed by atoms with van der Waals surface area (Å²) < 4.78 is 5.72. The maximum absolute atomic E-state index is 10.9. The van der Waals surface area contributed by atoms with Crippen LogP contribution in [0.15, 0.2) is 42.5 Å². The number of rotatable bonds is 5. The summed E-state index contributed by atoms with van der Waals surface area (Å²) in [5, 5.41) is 10.9.